The Morgan fingerprint density at radius 3 is 2.68 bits per heavy atom. The summed E-state index contributed by atoms with van der Waals surface area (Å²) in [6.45, 7) is 0.562. The van der Waals surface area contributed by atoms with Crippen molar-refractivity contribution in [2.24, 2.45) is 7.05 Å². The molecule has 112 valence electrons. The Morgan fingerprint density at radius 1 is 1.14 bits per heavy atom. The molecule has 3 aromatic rings. The zero-order valence-corrected chi connectivity index (χ0v) is 12.4. The van der Waals surface area contributed by atoms with Crippen molar-refractivity contribution < 1.29 is 9.90 Å². The van der Waals surface area contributed by atoms with E-state index in [9.17, 15) is 9.90 Å². The van der Waals surface area contributed by atoms with E-state index in [1.54, 1.807) is 12.1 Å². The number of nitrogens with zero attached hydrogens (tertiary/aromatic N) is 1. The zero-order chi connectivity index (χ0) is 15.5. The number of hydrogen-bond acceptors (Lipinski definition) is 2. The van der Waals surface area contributed by atoms with E-state index in [0.29, 0.717) is 12.1 Å². The number of hydrogen-bond donors (Lipinski definition) is 2. The molecule has 4 nitrogen and oxygen atoms in total. The topological polar surface area (TPSA) is 54.3 Å². The maximum Gasteiger partial charge on any atom is 0.251 e. The van der Waals surface area contributed by atoms with Crippen molar-refractivity contribution in [3.05, 3.63) is 65.9 Å². The van der Waals surface area contributed by atoms with Gasteiger partial charge in [0.05, 0.1) is 0 Å². The zero-order valence-electron chi connectivity index (χ0n) is 12.4. The summed E-state index contributed by atoms with van der Waals surface area (Å²) in [6.07, 6.45) is 2.69. The van der Waals surface area contributed by atoms with Crippen molar-refractivity contribution in [1.29, 1.82) is 0 Å². The van der Waals surface area contributed by atoms with Gasteiger partial charge in [-0.1, -0.05) is 18.2 Å². The molecule has 0 aliphatic rings. The highest BCUT2D eigenvalue weighted by Gasteiger charge is 2.10. The van der Waals surface area contributed by atoms with Crippen LogP contribution in [0.1, 0.15) is 15.9 Å². The van der Waals surface area contributed by atoms with Crippen molar-refractivity contribution in [3.8, 4) is 5.75 Å². The summed E-state index contributed by atoms with van der Waals surface area (Å²) in [5, 5.41) is 13.2. The Bertz CT molecular complexity index is 804. The smallest absolute Gasteiger partial charge is 0.251 e. The largest absolute Gasteiger partial charge is 0.508 e. The number of benzene rings is 2. The molecule has 0 radical (unpaired) electrons. The van der Waals surface area contributed by atoms with E-state index in [0.717, 1.165) is 22.9 Å². The van der Waals surface area contributed by atoms with Crippen LogP contribution in [0.25, 0.3) is 10.9 Å². The number of amides is 1. The Hall–Kier alpha value is -2.75. The molecule has 1 amide bonds. The van der Waals surface area contributed by atoms with Gasteiger partial charge in [-0.05, 0) is 42.3 Å². The van der Waals surface area contributed by atoms with Crippen LogP contribution in [0, 0.1) is 0 Å². The molecule has 0 fully saturated rings. The van der Waals surface area contributed by atoms with E-state index in [1.165, 1.54) is 0 Å². The molecule has 0 spiro atoms. The molecule has 1 heterocycles. The van der Waals surface area contributed by atoms with Crippen LogP contribution >= 0.6 is 0 Å². The van der Waals surface area contributed by atoms with Crippen molar-refractivity contribution in [3.63, 3.8) is 0 Å². The third-order valence-corrected chi connectivity index (χ3v) is 3.81. The molecule has 2 aromatic carbocycles. The van der Waals surface area contributed by atoms with Crippen LogP contribution in [0.3, 0.4) is 0 Å². The minimum absolute atomic E-state index is 0.0596. The molecule has 0 saturated heterocycles. The van der Waals surface area contributed by atoms with Crippen molar-refractivity contribution in [2.45, 2.75) is 6.42 Å². The lowest BCUT2D eigenvalue weighted by atomic mass is 10.1. The van der Waals surface area contributed by atoms with Crippen molar-refractivity contribution in [2.75, 3.05) is 6.54 Å². The molecule has 0 unspecified atom stereocenters. The van der Waals surface area contributed by atoms with Crippen LogP contribution < -0.4 is 5.32 Å². The molecule has 0 atom stereocenters. The highest BCUT2D eigenvalue weighted by atomic mass is 16.3. The number of fused-ring (bicyclic) bond motifs is 1. The first-order valence-electron chi connectivity index (χ1n) is 7.25. The van der Waals surface area contributed by atoms with Gasteiger partial charge >= 0.3 is 0 Å². The van der Waals surface area contributed by atoms with Crippen LogP contribution in [0.15, 0.2) is 54.7 Å². The maximum absolute atomic E-state index is 12.4. The monoisotopic (exact) mass is 294 g/mol. The fraction of sp³-hybridized carbons (Fsp3) is 0.167. The molecule has 0 bridgehead atoms. The first-order chi connectivity index (χ1) is 10.6. The number of aromatic hydroxyl groups is 1. The summed E-state index contributed by atoms with van der Waals surface area (Å²) in [6, 6.07) is 14.7. The Morgan fingerprint density at radius 2 is 1.91 bits per heavy atom. The molecule has 0 aliphatic heterocycles. The summed E-state index contributed by atoms with van der Waals surface area (Å²) in [5.74, 6) is 0.194. The van der Waals surface area contributed by atoms with Gasteiger partial charge in [-0.25, -0.2) is 0 Å². The minimum atomic E-state index is -0.0596. The third kappa shape index (κ3) is 2.81. The number of aromatic nitrogens is 1. The van der Waals surface area contributed by atoms with Gasteiger partial charge in [-0.3, -0.25) is 4.79 Å². The minimum Gasteiger partial charge on any atom is -0.508 e. The van der Waals surface area contributed by atoms with Gasteiger partial charge < -0.3 is 15.0 Å². The Kier molecular flexibility index (Phi) is 3.83. The van der Waals surface area contributed by atoms with Gasteiger partial charge in [-0.15, -0.1) is 0 Å². The number of aryl methyl sites for hydroxylation is 1. The summed E-state index contributed by atoms with van der Waals surface area (Å²) in [5.41, 5.74) is 2.83. The SMILES string of the molecule is Cn1ccc2c(C(=O)NCCc3ccc(O)cc3)cccc21. The highest BCUT2D eigenvalue weighted by molar-refractivity contribution is 6.06. The van der Waals surface area contributed by atoms with E-state index in [1.807, 2.05) is 54.2 Å². The predicted molar refractivity (Wildman–Crippen MR) is 87.1 cm³/mol. The number of nitrogens with one attached hydrogen (secondary N) is 1. The number of carbonyl (C=O) groups excluding carboxylic acids is 1. The Labute approximate surface area is 129 Å². The molecule has 0 aliphatic carbocycles. The normalized spacial score (nSPS) is 10.8. The number of carbonyl (C=O) groups is 1. The summed E-state index contributed by atoms with van der Waals surface area (Å²) >= 11 is 0. The van der Waals surface area contributed by atoms with Crippen LogP contribution in [0.4, 0.5) is 0 Å². The summed E-state index contributed by atoms with van der Waals surface area (Å²) in [4.78, 5) is 12.4. The first kappa shape index (κ1) is 14.2. The highest BCUT2D eigenvalue weighted by Crippen LogP contribution is 2.19. The quantitative estimate of drug-likeness (QED) is 0.777. The van der Waals surface area contributed by atoms with Gasteiger partial charge in [0.1, 0.15) is 5.75 Å². The van der Waals surface area contributed by atoms with Gasteiger partial charge in [0.25, 0.3) is 5.91 Å². The molecule has 3 rings (SSSR count). The first-order valence-corrected chi connectivity index (χ1v) is 7.25. The van der Waals surface area contributed by atoms with Gasteiger partial charge in [-0.2, -0.15) is 0 Å². The molecular formula is C18H18N2O2. The van der Waals surface area contributed by atoms with Gasteiger partial charge in [0.15, 0.2) is 0 Å². The molecule has 4 heteroatoms. The molecule has 1 aromatic heterocycles. The average molecular weight is 294 g/mol. The second kappa shape index (κ2) is 5.93. The fourth-order valence-corrected chi connectivity index (χ4v) is 2.58. The summed E-state index contributed by atoms with van der Waals surface area (Å²) in [7, 11) is 1.97. The second-order valence-corrected chi connectivity index (χ2v) is 5.34. The number of phenolic OH excluding ortho intramolecular Hbond substituents is 1. The standard InChI is InChI=1S/C18H18N2O2/c1-20-12-10-15-16(3-2-4-17(15)20)18(22)19-11-9-13-5-7-14(21)8-6-13/h2-8,10,12,21H,9,11H2,1H3,(H,19,22). The summed E-state index contributed by atoms with van der Waals surface area (Å²) < 4.78 is 2.00. The number of phenols is 1. The fourth-order valence-electron chi connectivity index (χ4n) is 2.58. The van der Waals surface area contributed by atoms with Crippen LogP contribution in [-0.4, -0.2) is 22.1 Å². The van der Waals surface area contributed by atoms with E-state index in [2.05, 4.69) is 5.32 Å². The van der Waals surface area contributed by atoms with Crippen LogP contribution in [0.2, 0.25) is 0 Å². The van der Waals surface area contributed by atoms with Crippen molar-refractivity contribution >= 4 is 16.8 Å². The number of rotatable bonds is 4. The van der Waals surface area contributed by atoms with Crippen LogP contribution in [0.5, 0.6) is 5.75 Å². The average Bonchev–Trinajstić information content (AvgIpc) is 2.91. The third-order valence-electron chi connectivity index (χ3n) is 3.81. The van der Waals surface area contributed by atoms with E-state index in [4.69, 9.17) is 0 Å². The van der Waals surface area contributed by atoms with Gasteiger partial charge in [0.2, 0.25) is 0 Å². The van der Waals surface area contributed by atoms with Gasteiger partial charge in [0, 0.05) is 36.3 Å². The molecule has 22 heavy (non-hydrogen) atoms. The maximum atomic E-state index is 12.4. The lowest BCUT2D eigenvalue weighted by Gasteiger charge is -2.07. The molecule has 2 N–H and O–H groups in total. The molecular weight excluding hydrogens is 276 g/mol. The van der Waals surface area contributed by atoms with E-state index >= 15 is 0 Å². The van der Waals surface area contributed by atoms with E-state index in [-0.39, 0.29) is 11.7 Å². The predicted octanol–water partition coefficient (Wildman–Crippen LogP) is 2.86. The van der Waals surface area contributed by atoms with Crippen molar-refractivity contribution in [1.82, 2.24) is 9.88 Å². The molecule has 0 saturated carbocycles. The Balaban J connectivity index is 1.67. The van der Waals surface area contributed by atoms with Crippen LogP contribution in [-0.2, 0) is 13.5 Å². The second-order valence-electron chi connectivity index (χ2n) is 5.34. The lowest BCUT2D eigenvalue weighted by molar-refractivity contribution is 0.0956. The van der Waals surface area contributed by atoms with E-state index < -0.39 is 0 Å². The lowest BCUT2D eigenvalue weighted by Crippen LogP contribution is -2.25.